The molecule has 1 aromatic rings. The lowest BCUT2D eigenvalue weighted by atomic mass is 9.91. The van der Waals surface area contributed by atoms with E-state index in [1.165, 1.54) is 19.2 Å². The second-order valence-corrected chi connectivity index (χ2v) is 8.14. The summed E-state index contributed by atoms with van der Waals surface area (Å²) in [6, 6.07) is 4.27. The van der Waals surface area contributed by atoms with Crippen molar-refractivity contribution < 1.29 is 37.2 Å². The fourth-order valence-electron chi connectivity index (χ4n) is 2.77. The van der Waals surface area contributed by atoms with Gasteiger partial charge in [-0.2, -0.15) is 8.42 Å². The summed E-state index contributed by atoms with van der Waals surface area (Å²) in [6.07, 6.45) is 3.44. The van der Waals surface area contributed by atoms with Gasteiger partial charge in [-0.05, 0) is 30.7 Å². The highest BCUT2D eigenvalue weighted by Gasteiger charge is 2.32. The Morgan fingerprint density at radius 3 is 2.21 bits per heavy atom. The van der Waals surface area contributed by atoms with E-state index in [9.17, 15) is 22.8 Å². The molecule has 0 radical (unpaired) electrons. The van der Waals surface area contributed by atoms with Crippen LogP contribution >= 0.6 is 0 Å². The van der Waals surface area contributed by atoms with Crippen molar-refractivity contribution in [1.82, 2.24) is 5.32 Å². The number of rotatable bonds is 13. The molecule has 0 saturated carbocycles. The van der Waals surface area contributed by atoms with Gasteiger partial charge in [0.2, 0.25) is 5.91 Å². The van der Waals surface area contributed by atoms with Crippen LogP contribution in [0.3, 0.4) is 0 Å². The third-order valence-corrected chi connectivity index (χ3v) is 5.10. The number of carboxylic acid groups (broad SMARTS) is 1. The molecule has 2 unspecified atom stereocenters. The number of benzene rings is 1. The molecule has 29 heavy (non-hydrogen) atoms. The van der Waals surface area contributed by atoms with Crippen molar-refractivity contribution in [2.75, 3.05) is 12.9 Å². The van der Waals surface area contributed by atoms with E-state index in [0.29, 0.717) is 12.2 Å². The Morgan fingerprint density at radius 2 is 1.72 bits per heavy atom. The Morgan fingerprint density at radius 1 is 1.10 bits per heavy atom. The lowest BCUT2D eigenvalue weighted by Gasteiger charge is -2.19. The number of amides is 1. The predicted octanol–water partition coefficient (Wildman–Crippen LogP) is 1.92. The van der Waals surface area contributed by atoms with Crippen molar-refractivity contribution in [2.45, 2.75) is 45.1 Å². The van der Waals surface area contributed by atoms with E-state index in [0.717, 1.165) is 19.3 Å². The molecule has 1 amide bonds. The molecule has 2 atom stereocenters. The number of aliphatic carboxylic acids is 1. The third kappa shape index (κ3) is 8.61. The van der Waals surface area contributed by atoms with E-state index in [-0.39, 0.29) is 12.0 Å². The van der Waals surface area contributed by atoms with Gasteiger partial charge in [-0.15, -0.1) is 0 Å². The van der Waals surface area contributed by atoms with Crippen LogP contribution in [-0.2, 0) is 19.7 Å². The van der Waals surface area contributed by atoms with E-state index >= 15 is 0 Å². The van der Waals surface area contributed by atoms with Gasteiger partial charge < -0.3 is 15.2 Å². The number of carbonyl (C=O) groups is 3. The van der Waals surface area contributed by atoms with E-state index in [4.69, 9.17) is 14.4 Å². The Kier molecular flexibility index (Phi) is 9.76. The van der Waals surface area contributed by atoms with Crippen LogP contribution in [0.1, 0.15) is 49.4 Å². The summed E-state index contributed by atoms with van der Waals surface area (Å²) in [5, 5.41) is 11.2. The largest absolute Gasteiger partial charge is 0.497 e. The Hall–Kier alpha value is -2.46. The maximum absolute atomic E-state index is 12.9. The van der Waals surface area contributed by atoms with Gasteiger partial charge in [0, 0.05) is 5.56 Å². The molecular formula is C19H27NO8S. The van der Waals surface area contributed by atoms with Crippen LogP contribution in [0.5, 0.6) is 5.75 Å². The number of Topliss-reactive ketones (excluding diaryl/α,β-unsaturated/α-hetero) is 1. The van der Waals surface area contributed by atoms with E-state index in [1.54, 1.807) is 12.1 Å². The molecule has 162 valence electrons. The Balaban J connectivity index is 3.02. The first-order valence-electron chi connectivity index (χ1n) is 9.25. The number of carbonyl (C=O) groups excluding carboxylic acids is 2. The number of methoxy groups -OCH3 is 1. The summed E-state index contributed by atoms with van der Waals surface area (Å²) in [7, 11) is -3.16. The first kappa shape index (κ1) is 24.6. The molecule has 9 nitrogen and oxygen atoms in total. The molecule has 0 spiro atoms. The summed E-state index contributed by atoms with van der Waals surface area (Å²) < 4.78 is 36.0. The van der Waals surface area contributed by atoms with Crippen LogP contribution in [-0.4, -0.2) is 54.6 Å². The molecule has 0 bridgehead atoms. The molecule has 0 aliphatic heterocycles. The molecule has 0 aromatic heterocycles. The lowest BCUT2D eigenvalue weighted by Crippen LogP contribution is -2.48. The Bertz CT molecular complexity index is 804. The number of ether oxygens (including phenoxy) is 1. The van der Waals surface area contributed by atoms with Gasteiger partial charge in [0.1, 0.15) is 23.5 Å². The van der Waals surface area contributed by atoms with Crippen molar-refractivity contribution in [3.8, 4) is 5.75 Å². The molecule has 0 saturated heterocycles. The fourth-order valence-corrected chi connectivity index (χ4v) is 3.42. The third-order valence-electron chi connectivity index (χ3n) is 4.35. The average Bonchev–Trinajstić information content (AvgIpc) is 2.66. The minimum absolute atomic E-state index is 0.189. The molecule has 3 N–H and O–H groups in total. The van der Waals surface area contributed by atoms with Gasteiger partial charge in [-0.3, -0.25) is 14.1 Å². The van der Waals surface area contributed by atoms with E-state index in [2.05, 4.69) is 5.32 Å². The average molecular weight is 429 g/mol. The van der Waals surface area contributed by atoms with Crippen LogP contribution in [0.25, 0.3) is 0 Å². The molecule has 0 heterocycles. The second-order valence-electron chi connectivity index (χ2n) is 6.64. The summed E-state index contributed by atoms with van der Waals surface area (Å²) in [5.41, 5.74) is 0.253. The van der Waals surface area contributed by atoms with Crippen molar-refractivity contribution in [3.05, 3.63) is 29.8 Å². The standard InChI is InChI=1S/C19H27NO8S/c1-3-4-5-6-7-15(17(21)13-8-10-14(28-2)11-9-13)18(22)20-16(19(23)24)12-29(25,26)27/h8-11,15-16H,3-7,12H2,1-2H3,(H,20,22)(H,23,24)(H,25,26,27). The number of unbranched alkanes of at least 4 members (excludes halogenated alkanes) is 3. The number of hydrogen-bond donors (Lipinski definition) is 3. The molecule has 0 aliphatic carbocycles. The number of hydrogen-bond acceptors (Lipinski definition) is 6. The zero-order valence-electron chi connectivity index (χ0n) is 16.5. The molecule has 1 aromatic carbocycles. The number of carboxylic acids is 1. The van der Waals surface area contributed by atoms with Gasteiger partial charge in [-0.1, -0.05) is 32.6 Å². The summed E-state index contributed by atoms with van der Waals surface area (Å²) in [4.78, 5) is 36.8. The van der Waals surface area contributed by atoms with Crippen LogP contribution < -0.4 is 10.1 Å². The maximum atomic E-state index is 12.9. The van der Waals surface area contributed by atoms with Crippen molar-refractivity contribution in [1.29, 1.82) is 0 Å². The van der Waals surface area contributed by atoms with Gasteiger partial charge in [0.05, 0.1) is 7.11 Å². The highest BCUT2D eigenvalue weighted by Crippen LogP contribution is 2.20. The van der Waals surface area contributed by atoms with Gasteiger partial charge >= 0.3 is 5.97 Å². The molecular weight excluding hydrogens is 402 g/mol. The quantitative estimate of drug-likeness (QED) is 0.186. The highest BCUT2D eigenvalue weighted by atomic mass is 32.2. The molecule has 10 heteroatoms. The lowest BCUT2D eigenvalue weighted by molar-refractivity contribution is -0.141. The van der Waals surface area contributed by atoms with E-state index in [1.807, 2.05) is 6.92 Å². The smallest absolute Gasteiger partial charge is 0.327 e. The minimum Gasteiger partial charge on any atom is -0.497 e. The monoisotopic (exact) mass is 429 g/mol. The topological polar surface area (TPSA) is 147 Å². The van der Waals surface area contributed by atoms with E-state index < -0.39 is 45.5 Å². The van der Waals surface area contributed by atoms with Crippen LogP contribution in [0, 0.1) is 5.92 Å². The molecule has 0 fully saturated rings. The molecule has 1 rings (SSSR count). The zero-order chi connectivity index (χ0) is 22.0. The zero-order valence-corrected chi connectivity index (χ0v) is 17.3. The first-order chi connectivity index (χ1) is 13.6. The summed E-state index contributed by atoms with van der Waals surface area (Å²) in [5.74, 6) is -4.85. The number of ketones is 1. The van der Waals surface area contributed by atoms with Crippen LogP contribution in [0.4, 0.5) is 0 Å². The summed E-state index contributed by atoms with van der Waals surface area (Å²) >= 11 is 0. The number of nitrogens with one attached hydrogen (secondary N) is 1. The first-order valence-corrected chi connectivity index (χ1v) is 10.9. The SMILES string of the molecule is CCCCCCC(C(=O)NC(CS(=O)(=O)O)C(=O)O)C(=O)c1ccc(OC)cc1. The Labute approximate surface area is 170 Å². The normalized spacial score (nSPS) is 13.3. The summed E-state index contributed by atoms with van der Waals surface area (Å²) in [6.45, 7) is 2.01. The fraction of sp³-hybridized carbons (Fsp3) is 0.526. The second kappa shape index (κ2) is 11.5. The predicted molar refractivity (Wildman–Crippen MR) is 106 cm³/mol. The minimum atomic E-state index is -4.64. The van der Waals surface area contributed by atoms with Gasteiger partial charge in [0.15, 0.2) is 5.78 Å². The van der Waals surface area contributed by atoms with Gasteiger partial charge in [-0.25, -0.2) is 4.79 Å². The van der Waals surface area contributed by atoms with Crippen molar-refractivity contribution >= 4 is 27.8 Å². The highest BCUT2D eigenvalue weighted by molar-refractivity contribution is 7.85. The van der Waals surface area contributed by atoms with Crippen LogP contribution in [0.2, 0.25) is 0 Å². The molecule has 0 aliphatic rings. The van der Waals surface area contributed by atoms with Crippen molar-refractivity contribution in [2.24, 2.45) is 5.92 Å². The maximum Gasteiger partial charge on any atom is 0.327 e. The van der Waals surface area contributed by atoms with Crippen LogP contribution in [0.15, 0.2) is 24.3 Å². The van der Waals surface area contributed by atoms with Gasteiger partial charge in [0.25, 0.3) is 10.1 Å². The van der Waals surface area contributed by atoms with Crippen molar-refractivity contribution in [3.63, 3.8) is 0 Å².